The van der Waals surface area contributed by atoms with Gasteiger partial charge in [0.25, 0.3) is 5.91 Å². The summed E-state index contributed by atoms with van der Waals surface area (Å²) in [7, 11) is 4.20. The molecule has 41 heavy (non-hydrogen) atoms. The van der Waals surface area contributed by atoms with Crippen LogP contribution in [0.1, 0.15) is 53.4 Å². The van der Waals surface area contributed by atoms with Gasteiger partial charge in [-0.2, -0.15) is 0 Å². The van der Waals surface area contributed by atoms with Crippen molar-refractivity contribution in [2.45, 2.75) is 39.3 Å². The SMILES string of the molecule is Cc1ccc(-c2c(C3c4ccccc4C(=O)N3C(CC(C)C)C(=O)N3CCN(C)CC3)c3ccccc3n2C)cc1. The van der Waals surface area contributed by atoms with E-state index in [4.69, 9.17) is 0 Å². The summed E-state index contributed by atoms with van der Waals surface area (Å²) in [6, 6.07) is 24.1. The molecule has 0 saturated carbocycles. The third-order valence-corrected chi connectivity index (χ3v) is 8.87. The number of carbonyl (C=O) groups excluding carboxylic acids is 2. The van der Waals surface area contributed by atoms with Crippen LogP contribution in [-0.2, 0) is 11.8 Å². The molecule has 2 amide bonds. The molecule has 0 N–H and O–H groups in total. The molecule has 6 rings (SSSR count). The van der Waals surface area contributed by atoms with Gasteiger partial charge in [0, 0.05) is 55.3 Å². The Morgan fingerprint density at radius 1 is 0.878 bits per heavy atom. The number of hydrogen-bond donors (Lipinski definition) is 0. The molecule has 4 aromatic rings. The maximum Gasteiger partial charge on any atom is 0.255 e. The van der Waals surface area contributed by atoms with Crippen molar-refractivity contribution >= 4 is 22.7 Å². The van der Waals surface area contributed by atoms with Gasteiger partial charge in [0.2, 0.25) is 5.91 Å². The van der Waals surface area contributed by atoms with Gasteiger partial charge in [0.1, 0.15) is 6.04 Å². The van der Waals surface area contributed by atoms with E-state index in [1.54, 1.807) is 0 Å². The molecule has 2 aliphatic rings. The number of likely N-dealkylation sites (N-methyl/N-ethyl adjacent to an activating group) is 1. The highest BCUT2D eigenvalue weighted by molar-refractivity contribution is 6.04. The second-order valence-corrected chi connectivity index (χ2v) is 12.2. The Balaban J connectivity index is 1.58. The second-order valence-electron chi connectivity index (χ2n) is 12.2. The number of carbonyl (C=O) groups is 2. The Hall–Kier alpha value is -3.90. The topological polar surface area (TPSA) is 48.8 Å². The Labute approximate surface area is 243 Å². The van der Waals surface area contributed by atoms with Crippen molar-refractivity contribution in [2.24, 2.45) is 13.0 Å². The smallest absolute Gasteiger partial charge is 0.255 e. The standard InChI is InChI=1S/C35H40N4O2/c1-23(2)22-30(35(41)38-20-18-36(4)19-21-38)39-33(26-10-6-7-11-27(26)34(39)40)31-28-12-8-9-13-29(28)37(5)32(31)25-16-14-24(3)15-17-25/h6-17,23,30,33H,18-22H2,1-5H3. The van der Waals surface area contributed by atoms with E-state index in [2.05, 4.69) is 98.9 Å². The molecule has 1 fully saturated rings. The van der Waals surface area contributed by atoms with Gasteiger partial charge in [-0.3, -0.25) is 9.59 Å². The first kappa shape index (κ1) is 27.3. The van der Waals surface area contributed by atoms with Crippen LogP contribution < -0.4 is 0 Å². The first-order chi connectivity index (χ1) is 19.8. The number of para-hydroxylation sites is 1. The van der Waals surface area contributed by atoms with E-state index in [-0.39, 0.29) is 23.8 Å². The summed E-state index contributed by atoms with van der Waals surface area (Å²) in [5, 5.41) is 1.11. The predicted molar refractivity (Wildman–Crippen MR) is 165 cm³/mol. The fourth-order valence-electron chi connectivity index (χ4n) is 6.73. The van der Waals surface area contributed by atoms with Gasteiger partial charge in [-0.15, -0.1) is 0 Å². The molecule has 0 aliphatic carbocycles. The summed E-state index contributed by atoms with van der Waals surface area (Å²) >= 11 is 0. The van der Waals surface area contributed by atoms with Gasteiger partial charge in [-0.1, -0.05) is 80.1 Å². The van der Waals surface area contributed by atoms with Gasteiger partial charge < -0.3 is 19.3 Å². The van der Waals surface area contributed by atoms with Crippen molar-refractivity contribution in [3.63, 3.8) is 0 Å². The Morgan fingerprint density at radius 2 is 1.54 bits per heavy atom. The molecule has 0 radical (unpaired) electrons. The largest absolute Gasteiger partial charge is 0.343 e. The number of fused-ring (bicyclic) bond motifs is 2. The summed E-state index contributed by atoms with van der Waals surface area (Å²) in [4.78, 5) is 35.0. The maximum absolute atomic E-state index is 14.4. The van der Waals surface area contributed by atoms with Gasteiger partial charge in [-0.25, -0.2) is 0 Å². The monoisotopic (exact) mass is 548 g/mol. The molecular weight excluding hydrogens is 508 g/mol. The Bertz CT molecular complexity index is 1590. The van der Waals surface area contributed by atoms with Crippen LogP contribution >= 0.6 is 0 Å². The molecule has 6 heteroatoms. The summed E-state index contributed by atoms with van der Waals surface area (Å²) in [6.45, 7) is 9.45. The third-order valence-electron chi connectivity index (χ3n) is 8.87. The van der Waals surface area contributed by atoms with E-state index >= 15 is 0 Å². The van der Waals surface area contributed by atoms with E-state index in [0.717, 1.165) is 46.4 Å². The van der Waals surface area contributed by atoms with Crippen molar-refractivity contribution in [1.82, 2.24) is 19.3 Å². The zero-order chi connectivity index (χ0) is 28.8. The van der Waals surface area contributed by atoms with Crippen LogP contribution in [0.4, 0.5) is 0 Å². The second kappa shape index (κ2) is 10.8. The van der Waals surface area contributed by atoms with E-state index in [9.17, 15) is 9.59 Å². The fraction of sp³-hybridized carbons (Fsp3) is 0.371. The Morgan fingerprint density at radius 3 is 2.24 bits per heavy atom. The highest BCUT2D eigenvalue weighted by Crippen LogP contribution is 2.48. The first-order valence-electron chi connectivity index (χ1n) is 14.8. The zero-order valence-electron chi connectivity index (χ0n) is 24.8. The van der Waals surface area contributed by atoms with Crippen LogP contribution in [0.25, 0.3) is 22.2 Å². The highest BCUT2D eigenvalue weighted by Gasteiger charge is 2.47. The molecule has 2 atom stereocenters. The molecular formula is C35H40N4O2. The number of amides is 2. The molecule has 6 nitrogen and oxygen atoms in total. The van der Waals surface area contributed by atoms with Crippen molar-refractivity contribution in [3.8, 4) is 11.3 Å². The molecule has 212 valence electrons. The fourth-order valence-corrected chi connectivity index (χ4v) is 6.73. The normalized spacial score (nSPS) is 18.4. The van der Waals surface area contributed by atoms with Crippen LogP contribution in [0.5, 0.6) is 0 Å². The van der Waals surface area contributed by atoms with Gasteiger partial charge >= 0.3 is 0 Å². The summed E-state index contributed by atoms with van der Waals surface area (Å²) < 4.78 is 2.25. The summed E-state index contributed by atoms with van der Waals surface area (Å²) in [5.74, 6) is 0.259. The van der Waals surface area contributed by atoms with Crippen LogP contribution in [0.3, 0.4) is 0 Å². The summed E-state index contributed by atoms with van der Waals surface area (Å²) in [5.41, 5.74) is 7.26. The Kier molecular flexibility index (Phi) is 7.20. The lowest BCUT2D eigenvalue weighted by Gasteiger charge is -2.40. The minimum atomic E-state index is -0.548. The van der Waals surface area contributed by atoms with Crippen molar-refractivity contribution in [1.29, 1.82) is 0 Å². The molecule has 3 heterocycles. The van der Waals surface area contributed by atoms with Gasteiger partial charge in [-0.05, 0) is 49.6 Å². The lowest BCUT2D eigenvalue weighted by Crippen LogP contribution is -2.55. The quantitative estimate of drug-likeness (QED) is 0.302. The number of benzene rings is 3. The molecule has 2 aliphatic heterocycles. The minimum absolute atomic E-state index is 0.0542. The van der Waals surface area contributed by atoms with E-state index in [0.29, 0.717) is 25.1 Å². The number of aromatic nitrogens is 1. The lowest BCUT2D eigenvalue weighted by atomic mass is 9.91. The molecule has 0 spiro atoms. The van der Waals surface area contributed by atoms with Crippen LogP contribution in [-0.4, -0.2) is 70.3 Å². The van der Waals surface area contributed by atoms with Gasteiger partial charge in [0.15, 0.2) is 0 Å². The van der Waals surface area contributed by atoms with Crippen LogP contribution in [0.15, 0.2) is 72.8 Å². The van der Waals surface area contributed by atoms with Gasteiger partial charge in [0.05, 0.1) is 11.7 Å². The molecule has 0 bridgehead atoms. The first-order valence-corrected chi connectivity index (χ1v) is 14.8. The highest BCUT2D eigenvalue weighted by atomic mass is 16.2. The van der Waals surface area contributed by atoms with Crippen molar-refractivity contribution < 1.29 is 9.59 Å². The van der Waals surface area contributed by atoms with E-state index in [1.807, 2.05) is 28.0 Å². The predicted octanol–water partition coefficient (Wildman–Crippen LogP) is 5.89. The number of rotatable bonds is 6. The summed E-state index contributed by atoms with van der Waals surface area (Å²) in [6.07, 6.45) is 0.617. The average molecular weight is 549 g/mol. The lowest BCUT2D eigenvalue weighted by molar-refractivity contribution is -0.138. The van der Waals surface area contributed by atoms with E-state index < -0.39 is 6.04 Å². The van der Waals surface area contributed by atoms with Crippen LogP contribution in [0, 0.1) is 12.8 Å². The number of hydrogen-bond acceptors (Lipinski definition) is 3. The van der Waals surface area contributed by atoms with Crippen molar-refractivity contribution in [3.05, 3.63) is 95.1 Å². The van der Waals surface area contributed by atoms with E-state index in [1.165, 1.54) is 5.56 Å². The van der Waals surface area contributed by atoms with Crippen LogP contribution in [0.2, 0.25) is 0 Å². The number of piperazine rings is 1. The average Bonchev–Trinajstić information content (AvgIpc) is 3.42. The minimum Gasteiger partial charge on any atom is -0.343 e. The molecule has 1 saturated heterocycles. The molecule has 3 aromatic carbocycles. The maximum atomic E-state index is 14.4. The molecule has 2 unspecified atom stereocenters. The number of nitrogens with zero attached hydrogens (tertiary/aromatic N) is 4. The molecule has 1 aromatic heterocycles. The van der Waals surface area contributed by atoms with Crippen molar-refractivity contribution in [2.75, 3.05) is 33.2 Å². The zero-order valence-corrected chi connectivity index (χ0v) is 24.8. The number of aryl methyl sites for hydroxylation is 2. The third kappa shape index (κ3) is 4.74.